The lowest BCUT2D eigenvalue weighted by Crippen LogP contribution is -2.16. The van der Waals surface area contributed by atoms with E-state index in [0.29, 0.717) is 17.5 Å². The second kappa shape index (κ2) is 9.23. The first-order valence-corrected chi connectivity index (χ1v) is 9.06. The van der Waals surface area contributed by atoms with Gasteiger partial charge in [-0.25, -0.2) is 13.8 Å². The zero-order chi connectivity index (χ0) is 19.9. The van der Waals surface area contributed by atoms with E-state index in [4.69, 9.17) is 0 Å². The van der Waals surface area contributed by atoms with Crippen molar-refractivity contribution >= 4 is 17.5 Å². The van der Waals surface area contributed by atoms with E-state index in [9.17, 15) is 8.78 Å². The molecule has 0 saturated heterocycles. The summed E-state index contributed by atoms with van der Waals surface area (Å²) < 4.78 is 26.7. The number of hydrogen-bond donors (Lipinski definition) is 2. The second-order valence-corrected chi connectivity index (χ2v) is 6.67. The lowest BCUT2D eigenvalue weighted by Gasteiger charge is -2.13. The minimum Gasteiger partial charge on any atom is -0.370 e. The zero-order valence-electron chi connectivity index (χ0n) is 15.9. The number of aromatic nitrogens is 2. The molecule has 0 atom stereocenters. The van der Waals surface area contributed by atoms with Crippen LogP contribution in [0.2, 0.25) is 0 Å². The summed E-state index contributed by atoms with van der Waals surface area (Å²) in [6, 6.07) is 15.2. The lowest BCUT2D eigenvalue weighted by molar-refractivity contribution is 0.405. The standard InChI is InChI=1S/C21H23F2N5/c1-28(2)12-6-11-24-20-14-19(15-7-4-3-5-8-15)26-21(27-20)25-16-9-10-17(22)18(23)13-16/h3-5,7-10,13-14H,6,11-12H2,1-2H3,(H2,24,25,26,27). The van der Waals surface area contributed by atoms with Crippen molar-refractivity contribution in [2.75, 3.05) is 37.8 Å². The van der Waals surface area contributed by atoms with E-state index in [1.807, 2.05) is 50.5 Å². The van der Waals surface area contributed by atoms with Crippen LogP contribution >= 0.6 is 0 Å². The Kier molecular flexibility index (Phi) is 6.49. The molecule has 5 nitrogen and oxygen atoms in total. The molecule has 1 aromatic heterocycles. The molecule has 2 aromatic carbocycles. The average molecular weight is 383 g/mol. The van der Waals surface area contributed by atoms with Crippen LogP contribution in [0.5, 0.6) is 0 Å². The maximum Gasteiger partial charge on any atom is 0.229 e. The Hall–Kier alpha value is -3.06. The number of hydrogen-bond acceptors (Lipinski definition) is 5. The largest absolute Gasteiger partial charge is 0.370 e. The Morgan fingerprint density at radius 3 is 2.43 bits per heavy atom. The van der Waals surface area contributed by atoms with Crippen LogP contribution < -0.4 is 10.6 Å². The summed E-state index contributed by atoms with van der Waals surface area (Å²) in [5.41, 5.74) is 2.05. The normalized spacial score (nSPS) is 10.9. The molecule has 0 saturated carbocycles. The molecule has 0 aliphatic rings. The van der Waals surface area contributed by atoms with Gasteiger partial charge in [0.25, 0.3) is 0 Å². The van der Waals surface area contributed by atoms with Gasteiger partial charge in [0, 0.05) is 29.9 Å². The van der Waals surface area contributed by atoms with E-state index >= 15 is 0 Å². The van der Waals surface area contributed by atoms with Crippen LogP contribution in [0.15, 0.2) is 54.6 Å². The zero-order valence-corrected chi connectivity index (χ0v) is 15.9. The fourth-order valence-corrected chi connectivity index (χ4v) is 2.67. The quantitative estimate of drug-likeness (QED) is 0.560. The van der Waals surface area contributed by atoms with Crippen LogP contribution in [0.25, 0.3) is 11.3 Å². The molecule has 1 heterocycles. The van der Waals surface area contributed by atoms with Crippen LogP contribution in [0.3, 0.4) is 0 Å². The summed E-state index contributed by atoms with van der Waals surface area (Å²) in [6.45, 7) is 1.72. The van der Waals surface area contributed by atoms with Crippen molar-refractivity contribution in [1.82, 2.24) is 14.9 Å². The predicted molar refractivity (Wildman–Crippen MR) is 109 cm³/mol. The monoisotopic (exact) mass is 383 g/mol. The minimum absolute atomic E-state index is 0.308. The number of anilines is 3. The Morgan fingerprint density at radius 2 is 1.71 bits per heavy atom. The SMILES string of the molecule is CN(C)CCCNc1cc(-c2ccccc2)nc(Nc2ccc(F)c(F)c2)n1. The van der Waals surface area contributed by atoms with Gasteiger partial charge < -0.3 is 15.5 Å². The third-order valence-corrected chi connectivity index (χ3v) is 4.06. The fourth-order valence-electron chi connectivity index (χ4n) is 2.67. The van der Waals surface area contributed by atoms with Crippen LogP contribution in [0.1, 0.15) is 6.42 Å². The van der Waals surface area contributed by atoms with Crippen molar-refractivity contribution in [1.29, 1.82) is 0 Å². The first-order chi connectivity index (χ1) is 13.5. The molecule has 0 spiro atoms. The first-order valence-electron chi connectivity index (χ1n) is 9.06. The molecular weight excluding hydrogens is 360 g/mol. The highest BCUT2D eigenvalue weighted by Crippen LogP contribution is 2.23. The van der Waals surface area contributed by atoms with Gasteiger partial charge in [0.15, 0.2) is 11.6 Å². The van der Waals surface area contributed by atoms with Gasteiger partial charge in [0.1, 0.15) is 5.82 Å². The molecule has 0 radical (unpaired) electrons. The molecule has 0 aliphatic carbocycles. The molecule has 2 N–H and O–H groups in total. The molecule has 3 rings (SSSR count). The van der Waals surface area contributed by atoms with Crippen LogP contribution in [0.4, 0.5) is 26.2 Å². The number of nitrogens with zero attached hydrogens (tertiary/aromatic N) is 3. The summed E-state index contributed by atoms with van der Waals surface area (Å²) in [7, 11) is 4.06. The molecule has 0 bridgehead atoms. The molecule has 28 heavy (non-hydrogen) atoms. The van der Waals surface area contributed by atoms with Crippen molar-refractivity contribution in [3.8, 4) is 11.3 Å². The van der Waals surface area contributed by atoms with Crippen molar-refractivity contribution in [2.45, 2.75) is 6.42 Å². The summed E-state index contributed by atoms with van der Waals surface area (Å²) in [4.78, 5) is 11.1. The fraction of sp³-hybridized carbons (Fsp3) is 0.238. The van der Waals surface area contributed by atoms with Crippen molar-refractivity contribution in [2.24, 2.45) is 0 Å². The van der Waals surface area contributed by atoms with E-state index < -0.39 is 11.6 Å². The minimum atomic E-state index is -0.925. The van der Waals surface area contributed by atoms with Crippen LogP contribution in [0, 0.1) is 11.6 Å². The highest BCUT2D eigenvalue weighted by atomic mass is 19.2. The van der Waals surface area contributed by atoms with Gasteiger partial charge in [-0.2, -0.15) is 4.98 Å². The van der Waals surface area contributed by atoms with Crippen molar-refractivity contribution < 1.29 is 8.78 Å². The van der Waals surface area contributed by atoms with Gasteiger partial charge in [-0.1, -0.05) is 30.3 Å². The Morgan fingerprint density at radius 1 is 0.929 bits per heavy atom. The summed E-state index contributed by atoms with van der Waals surface area (Å²) >= 11 is 0. The smallest absolute Gasteiger partial charge is 0.229 e. The van der Waals surface area contributed by atoms with E-state index in [1.165, 1.54) is 6.07 Å². The topological polar surface area (TPSA) is 53.1 Å². The molecule has 7 heteroatoms. The highest BCUT2D eigenvalue weighted by molar-refractivity contribution is 5.66. The Bertz CT molecular complexity index is 916. The summed E-state index contributed by atoms with van der Waals surface area (Å²) in [5, 5.41) is 6.26. The van der Waals surface area contributed by atoms with Gasteiger partial charge in [0.05, 0.1) is 5.69 Å². The van der Waals surface area contributed by atoms with E-state index in [-0.39, 0.29) is 0 Å². The third kappa shape index (κ3) is 5.47. The second-order valence-electron chi connectivity index (χ2n) is 6.67. The maximum absolute atomic E-state index is 13.5. The van der Waals surface area contributed by atoms with E-state index in [1.54, 1.807) is 0 Å². The summed E-state index contributed by atoms with van der Waals surface area (Å²) in [6.07, 6.45) is 0.962. The van der Waals surface area contributed by atoms with Gasteiger partial charge in [-0.05, 0) is 39.2 Å². The van der Waals surface area contributed by atoms with Crippen LogP contribution in [-0.4, -0.2) is 42.1 Å². The van der Waals surface area contributed by atoms with Crippen molar-refractivity contribution in [3.05, 3.63) is 66.2 Å². The maximum atomic E-state index is 13.5. The Labute approximate surface area is 163 Å². The number of rotatable bonds is 8. The molecule has 0 fully saturated rings. The molecule has 3 aromatic rings. The van der Waals surface area contributed by atoms with Crippen LogP contribution in [-0.2, 0) is 0 Å². The molecule has 146 valence electrons. The van der Waals surface area contributed by atoms with Gasteiger partial charge in [-0.15, -0.1) is 0 Å². The number of benzene rings is 2. The molecular formula is C21H23F2N5. The highest BCUT2D eigenvalue weighted by Gasteiger charge is 2.09. The van der Waals surface area contributed by atoms with E-state index in [0.717, 1.165) is 42.9 Å². The molecule has 0 aliphatic heterocycles. The molecule has 0 amide bonds. The average Bonchev–Trinajstić information content (AvgIpc) is 2.68. The Balaban J connectivity index is 1.85. The van der Waals surface area contributed by atoms with Gasteiger partial charge in [0.2, 0.25) is 5.95 Å². The number of nitrogens with one attached hydrogen (secondary N) is 2. The van der Waals surface area contributed by atoms with E-state index in [2.05, 4.69) is 25.5 Å². The number of halogens is 2. The van der Waals surface area contributed by atoms with Crippen molar-refractivity contribution in [3.63, 3.8) is 0 Å². The third-order valence-electron chi connectivity index (χ3n) is 4.06. The summed E-state index contributed by atoms with van der Waals surface area (Å²) in [5.74, 6) is -0.848. The molecule has 0 unspecified atom stereocenters. The lowest BCUT2D eigenvalue weighted by atomic mass is 10.1. The first kappa shape index (κ1) is 19.7. The van der Waals surface area contributed by atoms with Gasteiger partial charge in [-0.3, -0.25) is 0 Å². The predicted octanol–water partition coefficient (Wildman–Crippen LogP) is 4.53. The van der Waals surface area contributed by atoms with Gasteiger partial charge >= 0.3 is 0 Å².